The molecule has 1 aliphatic rings. The van der Waals surface area contributed by atoms with Gasteiger partial charge < -0.3 is 10.6 Å². The van der Waals surface area contributed by atoms with Gasteiger partial charge in [-0.15, -0.1) is 0 Å². The molecule has 1 atom stereocenters. The number of nitrogens with zero attached hydrogens (tertiary/aromatic N) is 1. The smallest absolute Gasteiger partial charge is 0.191 e. The van der Waals surface area contributed by atoms with Crippen LogP contribution in [-0.2, 0) is 6.54 Å². The molecule has 0 radical (unpaired) electrons. The van der Waals surface area contributed by atoms with Gasteiger partial charge in [0.2, 0.25) is 0 Å². The monoisotopic (exact) mass is 309 g/mol. The van der Waals surface area contributed by atoms with Crippen molar-refractivity contribution >= 4 is 17.7 Å². The highest BCUT2D eigenvalue weighted by molar-refractivity contribution is 8.00. The average Bonchev–Trinajstić information content (AvgIpc) is 2.89. The van der Waals surface area contributed by atoms with Crippen LogP contribution in [-0.4, -0.2) is 29.5 Å². The number of aliphatic imine (C=N–C) groups is 1. The Balaban J connectivity index is 1.92. The maximum atomic E-state index is 13.2. The Hall–Kier alpha value is -1.23. The first kappa shape index (κ1) is 16.1. The number of benzene rings is 1. The number of hydrogen-bond acceptors (Lipinski definition) is 2. The summed E-state index contributed by atoms with van der Waals surface area (Å²) in [5.74, 6) is 1.83. The molecule has 1 aromatic rings. The Kier molecular flexibility index (Phi) is 5.91. The van der Waals surface area contributed by atoms with Crippen molar-refractivity contribution in [2.75, 3.05) is 18.8 Å². The summed E-state index contributed by atoms with van der Waals surface area (Å²) < 4.78 is 13.5. The van der Waals surface area contributed by atoms with Gasteiger partial charge in [0, 0.05) is 17.8 Å². The maximum absolute atomic E-state index is 13.2. The van der Waals surface area contributed by atoms with Crippen LogP contribution in [0.2, 0.25) is 0 Å². The van der Waals surface area contributed by atoms with E-state index in [4.69, 9.17) is 0 Å². The van der Waals surface area contributed by atoms with Gasteiger partial charge in [0.1, 0.15) is 5.82 Å². The molecule has 1 fully saturated rings. The summed E-state index contributed by atoms with van der Waals surface area (Å²) in [5, 5.41) is 6.66. The molecule has 1 unspecified atom stereocenters. The van der Waals surface area contributed by atoms with Crippen LogP contribution in [0.1, 0.15) is 32.3 Å². The van der Waals surface area contributed by atoms with Crippen molar-refractivity contribution < 1.29 is 4.39 Å². The topological polar surface area (TPSA) is 36.4 Å². The van der Waals surface area contributed by atoms with Crippen LogP contribution in [0.3, 0.4) is 0 Å². The number of guanidine groups is 1. The number of rotatable bonds is 5. The van der Waals surface area contributed by atoms with Crippen LogP contribution in [0.15, 0.2) is 29.3 Å². The summed E-state index contributed by atoms with van der Waals surface area (Å²) in [6.45, 7) is 6.56. The summed E-state index contributed by atoms with van der Waals surface area (Å²) >= 11 is 2.03. The summed E-state index contributed by atoms with van der Waals surface area (Å²) in [5.41, 5.74) is 0.883. The highest BCUT2D eigenvalue weighted by Crippen LogP contribution is 2.36. The van der Waals surface area contributed by atoms with Gasteiger partial charge in [0.25, 0.3) is 0 Å². The van der Waals surface area contributed by atoms with E-state index in [-0.39, 0.29) is 5.82 Å². The lowest BCUT2D eigenvalue weighted by Crippen LogP contribution is -2.43. The predicted molar refractivity (Wildman–Crippen MR) is 89.3 cm³/mol. The van der Waals surface area contributed by atoms with Crippen molar-refractivity contribution in [3.63, 3.8) is 0 Å². The fraction of sp³-hybridized carbons (Fsp3) is 0.562. The molecule has 1 saturated heterocycles. The van der Waals surface area contributed by atoms with Crippen LogP contribution in [0.25, 0.3) is 0 Å². The van der Waals surface area contributed by atoms with Gasteiger partial charge in [-0.1, -0.05) is 12.1 Å². The molecule has 116 valence electrons. The molecule has 0 saturated carbocycles. The fourth-order valence-electron chi connectivity index (χ4n) is 2.39. The Morgan fingerprint density at radius 1 is 1.43 bits per heavy atom. The molecular weight excluding hydrogens is 285 g/mol. The van der Waals surface area contributed by atoms with E-state index < -0.39 is 0 Å². The third kappa shape index (κ3) is 5.23. The van der Waals surface area contributed by atoms with Crippen LogP contribution in [0.4, 0.5) is 4.39 Å². The van der Waals surface area contributed by atoms with Gasteiger partial charge in [0.05, 0.1) is 6.54 Å². The molecule has 1 heterocycles. The third-order valence-electron chi connectivity index (χ3n) is 3.58. The van der Waals surface area contributed by atoms with Gasteiger partial charge in [-0.05, 0) is 50.1 Å². The largest absolute Gasteiger partial charge is 0.357 e. The molecule has 0 aliphatic carbocycles. The second kappa shape index (κ2) is 7.69. The SMILES string of the molecule is CCNC(=NCc1cccc(F)c1)NCC1(C)CCCS1. The normalized spacial score (nSPS) is 22.3. The highest BCUT2D eigenvalue weighted by Gasteiger charge is 2.29. The molecule has 3 nitrogen and oxygen atoms in total. The molecule has 2 rings (SSSR count). The maximum Gasteiger partial charge on any atom is 0.191 e. The van der Waals surface area contributed by atoms with Crippen LogP contribution in [0.5, 0.6) is 0 Å². The first-order valence-corrected chi connectivity index (χ1v) is 8.50. The van der Waals surface area contributed by atoms with Crippen molar-refractivity contribution in [2.24, 2.45) is 4.99 Å². The van der Waals surface area contributed by atoms with E-state index in [9.17, 15) is 4.39 Å². The predicted octanol–water partition coefficient (Wildman–Crippen LogP) is 3.17. The quantitative estimate of drug-likeness (QED) is 0.648. The van der Waals surface area contributed by atoms with E-state index in [0.717, 1.165) is 24.6 Å². The Labute approximate surface area is 130 Å². The summed E-state index contributed by atoms with van der Waals surface area (Å²) in [6.07, 6.45) is 2.54. The van der Waals surface area contributed by atoms with Crippen LogP contribution in [0, 0.1) is 5.82 Å². The van der Waals surface area contributed by atoms with Crippen LogP contribution < -0.4 is 10.6 Å². The molecule has 5 heteroatoms. The van der Waals surface area contributed by atoms with E-state index >= 15 is 0 Å². The minimum atomic E-state index is -0.212. The van der Waals surface area contributed by atoms with Crippen molar-refractivity contribution in [3.8, 4) is 0 Å². The van der Waals surface area contributed by atoms with E-state index in [1.807, 2.05) is 24.8 Å². The van der Waals surface area contributed by atoms with E-state index in [1.54, 1.807) is 6.07 Å². The van der Waals surface area contributed by atoms with E-state index in [2.05, 4.69) is 22.5 Å². The lowest BCUT2D eigenvalue weighted by atomic mass is 10.1. The summed E-state index contributed by atoms with van der Waals surface area (Å²) in [7, 11) is 0. The molecule has 0 bridgehead atoms. The van der Waals surface area contributed by atoms with Gasteiger partial charge >= 0.3 is 0 Å². The Morgan fingerprint density at radius 3 is 2.95 bits per heavy atom. The standard InChI is InChI=1S/C16H24FN3S/c1-3-18-15(20-12-16(2)8-5-9-21-16)19-11-13-6-4-7-14(17)10-13/h4,6-7,10H,3,5,8-9,11-12H2,1-2H3,(H2,18,19,20). The Bertz CT molecular complexity index is 484. The number of hydrogen-bond donors (Lipinski definition) is 2. The lowest BCUT2D eigenvalue weighted by molar-refractivity contribution is 0.584. The van der Waals surface area contributed by atoms with Crippen molar-refractivity contribution in [3.05, 3.63) is 35.6 Å². The molecule has 21 heavy (non-hydrogen) atoms. The first-order chi connectivity index (χ1) is 10.1. The molecule has 1 aromatic carbocycles. The molecule has 0 spiro atoms. The van der Waals surface area contributed by atoms with Gasteiger partial charge in [-0.25, -0.2) is 9.38 Å². The minimum Gasteiger partial charge on any atom is -0.357 e. The minimum absolute atomic E-state index is 0.212. The molecule has 2 N–H and O–H groups in total. The molecular formula is C16H24FN3S. The van der Waals surface area contributed by atoms with Crippen LogP contribution >= 0.6 is 11.8 Å². The summed E-state index contributed by atoms with van der Waals surface area (Å²) in [4.78, 5) is 4.54. The first-order valence-electron chi connectivity index (χ1n) is 7.52. The van der Waals surface area contributed by atoms with Crippen molar-refractivity contribution in [1.82, 2.24) is 10.6 Å². The number of halogens is 1. The van der Waals surface area contributed by atoms with Crippen molar-refractivity contribution in [2.45, 2.75) is 38.0 Å². The Morgan fingerprint density at radius 2 is 2.29 bits per heavy atom. The van der Waals surface area contributed by atoms with E-state index in [0.29, 0.717) is 11.3 Å². The highest BCUT2D eigenvalue weighted by atomic mass is 32.2. The zero-order chi connectivity index (χ0) is 15.1. The van der Waals surface area contributed by atoms with Gasteiger partial charge in [-0.3, -0.25) is 0 Å². The fourth-order valence-corrected chi connectivity index (χ4v) is 3.64. The molecule has 0 amide bonds. The molecule has 0 aromatic heterocycles. The van der Waals surface area contributed by atoms with Gasteiger partial charge in [0.15, 0.2) is 5.96 Å². The number of nitrogens with one attached hydrogen (secondary N) is 2. The third-order valence-corrected chi connectivity index (χ3v) is 5.12. The molecule has 1 aliphatic heterocycles. The average molecular weight is 309 g/mol. The summed E-state index contributed by atoms with van der Waals surface area (Å²) in [6, 6.07) is 6.59. The van der Waals surface area contributed by atoms with Crippen molar-refractivity contribution in [1.29, 1.82) is 0 Å². The second-order valence-corrected chi connectivity index (χ2v) is 7.26. The zero-order valence-corrected chi connectivity index (χ0v) is 13.6. The second-order valence-electron chi connectivity index (χ2n) is 5.58. The van der Waals surface area contributed by atoms with E-state index in [1.165, 1.54) is 30.7 Å². The lowest BCUT2D eigenvalue weighted by Gasteiger charge is -2.24. The van der Waals surface area contributed by atoms with Gasteiger partial charge in [-0.2, -0.15) is 11.8 Å². The number of thioether (sulfide) groups is 1. The zero-order valence-electron chi connectivity index (χ0n) is 12.8.